The molecule has 0 bridgehead atoms. The van der Waals surface area contributed by atoms with E-state index in [2.05, 4.69) is 46.5 Å². The second-order valence-electron chi connectivity index (χ2n) is 5.54. The summed E-state index contributed by atoms with van der Waals surface area (Å²) in [6, 6.07) is 10.5. The number of aromatic nitrogens is 1. The van der Waals surface area contributed by atoms with Gasteiger partial charge in [-0.25, -0.2) is 0 Å². The summed E-state index contributed by atoms with van der Waals surface area (Å²) in [7, 11) is 2.20. The van der Waals surface area contributed by atoms with Crippen LogP contribution < -0.4 is 5.32 Å². The Morgan fingerprint density at radius 3 is 3.05 bits per heavy atom. The first-order chi connectivity index (χ1) is 9.33. The molecule has 0 amide bonds. The molecule has 1 fully saturated rings. The Morgan fingerprint density at radius 2 is 2.21 bits per heavy atom. The van der Waals surface area contributed by atoms with Gasteiger partial charge in [0.25, 0.3) is 0 Å². The second kappa shape index (κ2) is 5.68. The average molecular weight is 255 g/mol. The first-order valence-electron chi connectivity index (χ1n) is 7.05. The predicted molar refractivity (Wildman–Crippen MR) is 79.1 cm³/mol. The Balaban J connectivity index is 1.62. The van der Waals surface area contributed by atoms with Crippen LogP contribution in [0.15, 0.2) is 36.5 Å². The third-order valence-corrected chi connectivity index (χ3v) is 3.98. The van der Waals surface area contributed by atoms with Gasteiger partial charge in [0.2, 0.25) is 0 Å². The summed E-state index contributed by atoms with van der Waals surface area (Å²) >= 11 is 0. The maximum Gasteiger partial charge on any atom is 0.0705 e. The maximum atomic E-state index is 4.40. The van der Waals surface area contributed by atoms with Gasteiger partial charge in [-0.2, -0.15) is 0 Å². The van der Waals surface area contributed by atoms with Gasteiger partial charge in [-0.3, -0.25) is 4.98 Å². The van der Waals surface area contributed by atoms with Crippen molar-refractivity contribution in [1.29, 1.82) is 0 Å². The number of fused-ring (bicyclic) bond motifs is 1. The molecule has 3 nitrogen and oxygen atoms in total. The minimum absolute atomic E-state index is 0.804. The summed E-state index contributed by atoms with van der Waals surface area (Å²) in [5.74, 6) is 0.804. The van der Waals surface area contributed by atoms with Gasteiger partial charge < -0.3 is 10.2 Å². The van der Waals surface area contributed by atoms with Crippen molar-refractivity contribution in [3.8, 4) is 0 Å². The van der Waals surface area contributed by atoms with Gasteiger partial charge in [-0.05, 0) is 50.2 Å². The van der Waals surface area contributed by atoms with Crippen LogP contribution in [0, 0.1) is 5.92 Å². The molecule has 1 atom stereocenters. The van der Waals surface area contributed by atoms with E-state index in [0.717, 1.165) is 24.5 Å². The van der Waals surface area contributed by atoms with E-state index < -0.39 is 0 Å². The number of likely N-dealkylation sites (tertiary alicyclic amines) is 1. The van der Waals surface area contributed by atoms with Crippen molar-refractivity contribution < 1.29 is 0 Å². The topological polar surface area (TPSA) is 28.2 Å². The lowest BCUT2D eigenvalue weighted by Crippen LogP contribution is -2.24. The molecule has 0 spiro atoms. The minimum Gasteiger partial charge on any atom is -0.312 e. The zero-order valence-corrected chi connectivity index (χ0v) is 11.5. The van der Waals surface area contributed by atoms with Crippen LogP contribution in [0.25, 0.3) is 10.9 Å². The van der Waals surface area contributed by atoms with E-state index in [4.69, 9.17) is 0 Å². The van der Waals surface area contributed by atoms with E-state index in [-0.39, 0.29) is 0 Å². The fraction of sp³-hybridized carbons (Fsp3) is 0.438. The van der Waals surface area contributed by atoms with Gasteiger partial charge in [-0.15, -0.1) is 0 Å². The van der Waals surface area contributed by atoms with Gasteiger partial charge in [0.1, 0.15) is 0 Å². The van der Waals surface area contributed by atoms with Crippen molar-refractivity contribution in [2.45, 2.75) is 13.0 Å². The molecule has 0 saturated carbocycles. The Bertz CT molecular complexity index is 547. The fourth-order valence-electron chi connectivity index (χ4n) is 2.91. The lowest BCUT2D eigenvalue weighted by Gasteiger charge is -2.12. The summed E-state index contributed by atoms with van der Waals surface area (Å²) in [6.45, 7) is 4.51. The molecule has 1 N–H and O–H groups in total. The molecule has 1 aliphatic rings. The smallest absolute Gasteiger partial charge is 0.0705 e. The van der Waals surface area contributed by atoms with Crippen molar-refractivity contribution >= 4 is 10.9 Å². The summed E-state index contributed by atoms with van der Waals surface area (Å²) in [5, 5.41) is 4.87. The molecule has 3 heteroatoms. The van der Waals surface area contributed by atoms with Gasteiger partial charge in [-0.1, -0.05) is 18.2 Å². The van der Waals surface area contributed by atoms with Gasteiger partial charge in [0.05, 0.1) is 5.52 Å². The highest BCUT2D eigenvalue weighted by atomic mass is 15.1. The van der Waals surface area contributed by atoms with Crippen LogP contribution in [0.5, 0.6) is 0 Å². The standard InChI is InChI=1S/C16H21N3/c1-19-9-7-13(12-19)10-17-11-14-6-8-18-16-5-3-2-4-15(14)16/h2-6,8,13,17H,7,9-12H2,1H3. The van der Waals surface area contributed by atoms with Crippen molar-refractivity contribution in [2.75, 3.05) is 26.7 Å². The van der Waals surface area contributed by atoms with Crippen LogP contribution in [-0.4, -0.2) is 36.6 Å². The van der Waals surface area contributed by atoms with Crippen LogP contribution >= 0.6 is 0 Å². The van der Waals surface area contributed by atoms with Crippen LogP contribution in [0.2, 0.25) is 0 Å². The molecule has 1 unspecified atom stereocenters. The molecule has 0 radical (unpaired) electrons. The molecule has 2 aromatic rings. The third-order valence-electron chi connectivity index (χ3n) is 3.98. The zero-order chi connectivity index (χ0) is 13.1. The molecular weight excluding hydrogens is 234 g/mol. The Morgan fingerprint density at radius 1 is 1.32 bits per heavy atom. The summed E-state index contributed by atoms with van der Waals surface area (Å²) in [4.78, 5) is 6.81. The number of benzene rings is 1. The first kappa shape index (κ1) is 12.6. The predicted octanol–water partition coefficient (Wildman–Crippen LogP) is 2.28. The highest BCUT2D eigenvalue weighted by Gasteiger charge is 2.18. The SMILES string of the molecule is CN1CCC(CNCc2ccnc3ccccc23)C1. The second-order valence-corrected chi connectivity index (χ2v) is 5.54. The number of nitrogens with zero attached hydrogens (tertiary/aromatic N) is 2. The highest BCUT2D eigenvalue weighted by Crippen LogP contribution is 2.17. The lowest BCUT2D eigenvalue weighted by atomic mass is 10.1. The van der Waals surface area contributed by atoms with Gasteiger partial charge in [0.15, 0.2) is 0 Å². The van der Waals surface area contributed by atoms with Crippen molar-refractivity contribution in [3.63, 3.8) is 0 Å². The van der Waals surface area contributed by atoms with E-state index in [1.165, 1.54) is 30.5 Å². The van der Waals surface area contributed by atoms with Crippen LogP contribution in [0.1, 0.15) is 12.0 Å². The van der Waals surface area contributed by atoms with Gasteiger partial charge in [0, 0.05) is 24.7 Å². The molecule has 19 heavy (non-hydrogen) atoms. The number of hydrogen-bond acceptors (Lipinski definition) is 3. The highest BCUT2D eigenvalue weighted by molar-refractivity contribution is 5.81. The molecular formula is C16H21N3. The van der Waals surface area contributed by atoms with Crippen molar-refractivity contribution in [3.05, 3.63) is 42.1 Å². The summed E-state index contributed by atoms with van der Waals surface area (Å²) < 4.78 is 0. The average Bonchev–Trinajstić information content (AvgIpc) is 2.85. The van der Waals surface area contributed by atoms with Crippen LogP contribution in [0.3, 0.4) is 0 Å². The third kappa shape index (κ3) is 2.94. The lowest BCUT2D eigenvalue weighted by molar-refractivity contribution is 0.388. The van der Waals surface area contributed by atoms with Gasteiger partial charge >= 0.3 is 0 Å². The Kier molecular flexibility index (Phi) is 3.76. The first-order valence-corrected chi connectivity index (χ1v) is 7.05. The Labute approximate surface area is 114 Å². The maximum absolute atomic E-state index is 4.40. The van der Waals surface area contributed by atoms with E-state index in [9.17, 15) is 0 Å². The van der Waals surface area contributed by atoms with E-state index in [1.54, 1.807) is 0 Å². The van der Waals surface area contributed by atoms with E-state index in [0.29, 0.717) is 0 Å². The molecule has 1 saturated heterocycles. The van der Waals surface area contributed by atoms with Crippen molar-refractivity contribution in [2.24, 2.45) is 5.92 Å². The number of hydrogen-bond donors (Lipinski definition) is 1. The number of para-hydroxylation sites is 1. The Hall–Kier alpha value is -1.45. The van der Waals surface area contributed by atoms with Crippen LogP contribution in [0.4, 0.5) is 0 Å². The van der Waals surface area contributed by atoms with Crippen molar-refractivity contribution in [1.82, 2.24) is 15.2 Å². The van der Waals surface area contributed by atoms with E-state index in [1.807, 2.05) is 12.3 Å². The molecule has 1 aromatic heterocycles. The molecule has 1 aliphatic heterocycles. The zero-order valence-electron chi connectivity index (χ0n) is 11.5. The normalized spacial score (nSPS) is 20.2. The largest absolute Gasteiger partial charge is 0.312 e. The number of nitrogens with one attached hydrogen (secondary N) is 1. The summed E-state index contributed by atoms with van der Waals surface area (Å²) in [5.41, 5.74) is 2.43. The number of pyridine rings is 1. The number of rotatable bonds is 4. The molecule has 2 heterocycles. The molecule has 3 rings (SSSR count). The molecule has 100 valence electrons. The monoisotopic (exact) mass is 255 g/mol. The minimum atomic E-state index is 0.804. The fourth-order valence-corrected chi connectivity index (χ4v) is 2.91. The summed E-state index contributed by atoms with van der Waals surface area (Å²) in [6.07, 6.45) is 3.23. The van der Waals surface area contributed by atoms with Crippen LogP contribution in [-0.2, 0) is 6.54 Å². The molecule has 1 aromatic carbocycles. The quantitative estimate of drug-likeness (QED) is 0.908. The molecule has 0 aliphatic carbocycles. The van der Waals surface area contributed by atoms with E-state index >= 15 is 0 Å².